The van der Waals surface area contributed by atoms with Crippen molar-refractivity contribution in [3.05, 3.63) is 88.9 Å². The molecule has 0 aliphatic rings. The lowest BCUT2D eigenvalue weighted by atomic mass is 10.1. The van der Waals surface area contributed by atoms with Crippen molar-refractivity contribution in [2.24, 2.45) is 0 Å². The van der Waals surface area contributed by atoms with E-state index < -0.39 is 0 Å². The maximum Gasteiger partial charge on any atom is 0.255 e. The molecule has 0 radical (unpaired) electrons. The molecule has 0 aliphatic carbocycles. The zero-order valence-corrected chi connectivity index (χ0v) is 16.8. The number of aryl methyl sites for hydroxylation is 1. The molecule has 3 rings (SSSR count). The van der Waals surface area contributed by atoms with Crippen LogP contribution in [0.15, 0.2) is 77.7 Å². The van der Waals surface area contributed by atoms with Crippen LogP contribution in [-0.4, -0.2) is 17.6 Å². The highest BCUT2D eigenvalue weighted by molar-refractivity contribution is 8.00. The Hall–Kier alpha value is -2.76. The van der Waals surface area contributed by atoms with E-state index in [9.17, 15) is 9.59 Å². The Labute approximate surface area is 173 Å². The molecule has 0 aromatic heterocycles. The first-order chi connectivity index (χ1) is 13.5. The highest BCUT2D eigenvalue weighted by Gasteiger charge is 2.08. The van der Waals surface area contributed by atoms with E-state index in [0.29, 0.717) is 22.0 Å². The number of hydrogen-bond acceptors (Lipinski definition) is 3. The van der Waals surface area contributed by atoms with E-state index in [-0.39, 0.29) is 17.6 Å². The van der Waals surface area contributed by atoms with Crippen LogP contribution in [-0.2, 0) is 4.79 Å². The Kier molecular flexibility index (Phi) is 6.74. The molecule has 0 aliphatic heterocycles. The first-order valence-corrected chi connectivity index (χ1v) is 10.0. The van der Waals surface area contributed by atoms with Crippen molar-refractivity contribution >= 4 is 46.6 Å². The third-order valence-corrected chi connectivity index (χ3v) is 5.12. The fraction of sp³-hybridized carbons (Fsp3) is 0.0909. The molecule has 0 atom stereocenters. The van der Waals surface area contributed by atoms with Gasteiger partial charge in [0.1, 0.15) is 0 Å². The average molecular weight is 411 g/mol. The van der Waals surface area contributed by atoms with Crippen LogP contribution < -0.4 is 10.6 Å². The number of halogens is 1. The van der Waals surface area contributed by atoms with Gasteiger partial charge in [0, 0.05) is 26.9 Å². The number of amides is 2. The quantitative estimate of drug-likeness (QED) is 0.517. The van der Waals surface area contributed by atoms with Crippen LogP contribution in [0.25, 0.3) is 0 Å². The number of nitrogens with one attached hydrogen (secondary N) is 2. The van der Waals surface area contributed by atoms with Gasteiger partial charge in [0.25, 0.3) is 5.91 Å². The summed E-state index contributed by atoms with van der Waals surface area (Å²) in [5.74, 6) is -0.00869. The minimum atomic E-state index is -0.161. The largest absolute Gasteiger partial charge is 0.325 e. The standard InChI is InChI=1S/C22H19ClN2O2S/c1-15-4-2-5-16(12-15)22(27)25-19-6-3-7-20(13-19)28-14-21(26)24-18-10-8-17(23)9-11-18/h2-13H,14H2,1H3,(H,24,26)(H,25,27). The fourth-order valence-electron chi connectivity index (χ4n) is 2.53. The molecule has 142 valence electrons. The lowest BCUT2D eigenvalue weighted by Gasteiger charge is -2.08. The Bertz CT molecular complexity index is 990. The molecule has 3 aromatic rings. The van der Waals surface area contributed by atoms with Crippen LogP contribution in [0.5, 0.6) is 0 Å². The summed E-state index contributed by atoms with van der Waals surface area (Å²) < 4.78 is 0. The number of rotatable bonds is 6. The molecule has 0 fully saturated rings. The zero-order valence-electron chi connectivity index (χ0n) is 15.2. The third kappa shape index (κ3) is 5.87. The molecule has 0 saturated carbocycles. The molecule has 4 nitrogen and oxygen atoms in total. The van der Waals surface area contributed by atoms with E-state index in [1.807, 2.05) is 49.4 Å². The van der Waals surface area contributed by atoms with E-state index in [1.54, 1.807) is 30.3 Å². The first-order valence-electron chi connectivity index (χ1n) is 8.66. The number of anilines is 2. The number of benzene rings is 3. The first kappa shape index (κ1) is 20.0. The van der Waals surface area contributed by atoms with Crippen LogP contribution in [0.3, 0.4) is 0 Å². The van der Waals surface area contributed by atoms with Gasteiger partial charge in [-0.3, -0.25) is 9.59 Å². The maximum atomic E-state index is 12.4. The van der Waals surface area contributed by atoms with Crippen molar-refractivity contribution in [1.82, 2.24) is 0 Å². The summed E-state index contributed by atoms with van der Waals surface area (Å²) in [5, 5.41) is 6.34. The van der Waals surface area contributed by atoms with Crippen LogP contribution >= 0.6 is 23.4 Å². The third-order valence-electron chi connectivity index (χ3n) is 3.87. The van der Waals surface area contributed by atoms with Crippen molar-refractivity contribution in [2.75, 3.05) is 16.4 Å². The summed E-state index contributed by atoms with van der Waals surface area (Å²) >= 11 is 7.24. The molecular formula is C22H19ClN2O2S. The monoisotopic (exact) mass is 410 g/mol. The van der Waals surface area contributed by atoms with Crippen molar-refractivity contribution in [1.29, 1.82) is 0 Å². The lowest BCUT2D eigenvalue weighted by molar-refractivity contribution is -0.113. The molecule has 0 heterocycles. The van der Waals surface area contributed by atoms with Gasteiger partial charge in [-0.1, -0.05) is 35.4 Å². The zero-order chi connectivity index (χ0) is 19.9. The highest BCUT2D eigenvalue weighted by atomic mass is 35.5. The minimum absolute atomic E-state index is 0.110. The average Bonchev–Trinajstić information content (AvgIpc) is 2.68. The SMILES string of the molecule is Cc1cccc(C(=O)Nc2cccc(SCC(=O)Nc3ccc(Cl)cc3)c2)c1. The number of carbonyl (C=O) groups is 2. The summed E-state index contributed by atoms with van der Waals surface area (Å²) in [6.45, 7) is 1.95. The van der Waals surface area contributed by atoms with Crippen molar-refractivity contribution < 1.29 is 9.59 Å². The second kappa shape index (κ2) is 9.44. The minimum Gasteiger partial charge on any atom is -0.325 e. The van der Waals surface area contributed by atoms with Gasteiger partial charge in [-0.15, -0.1) is 11.8 Å². The summed E-state index contributed by atoms with van der Waals surface area (Å²) in [6.07, 6.45) is 0. The molecule has 0 unspecified atom stereocenters. The van der Waals surface area contributed by atoms with Gasteiger partial charge < -0.3 is 10.6 Å². The highest BCUT2D eigenvalue weighted by Crippen LogP contribution is 2.23. The van der Waals surface area contributed by atoms with Crippen LogP contribution in [0.1, 0.15) is 15.9 Å². The molecule has 6 heteroatoms. The molecule has 2 N–H and O–H groups in total. The predicted molar refractivity (Wildman–Crippen MR) is 116 cm³/mol. The van der Waals surface area contributed by atoms with E-state index in [4.69, 9.17) is 11.6 Å². The predicted octanol–water partition coefficient (Wildman–Crippen LogP) is 5.63. The molecule has 0 saturated heterocycles. The summed E-state index contributed by atoms with van der Waals surface area (Å²) in [5.41, 5.74) is 3.04. The molecule has 3 aromatic carbocycles. The van der Waals surface area contributed by atoms with E-state index in [2.05, 4.69) is 10.6 Å². The van der Waals surface area contributed by atoms with Gasteiger partial charge in [-0.05, 0) is 61.5 Å². The number of carbonyl (C=O) groups excluding carboxylic acids is 2. The van der Waals surface area contributed by atoms with Gasteiger partial charge >= 0.3 is 0 Å². The van der Waals surface area contributed by atoms with Gasteiger partial charge in [-0.25, -0.2) is 0 Å². The van der Waals surface area contributed by atoms with Gasteiger partial charge in [0.05, 0.1) is 5.75 Å². The topological polar surface area (TPSA) is 58.2 Å². The van der Waals surface area contributed by atoms with Crippen molar-refractivity contribution in [3.63, 3.8) is 0 Å². The van der Waals surface area contributed by atoms with Crippen LogP contribution in [0.4, 0.5) is 11.4 Å². The van der Waals surface area contributed by atoms with E-state index in [1.165, 1.54) is 11.8 Å². The summed E-state index contributed by atoms with van der Waals surface area (Å²) in [4.78, 5) is 25.4. The number of hydrogen-bond donors (Lipinski definition) is 2. The maximum absolute atomic E-state index is 12.4. The number of thioether (sulfide) groups is 1. The van der Waals surface area contributed by atoms with Gasteiger partial charge in [0.2, 0.25) is 5.91 Å². The summed E-state index contributed by atoms with van der Waals surface area (Å²) in [6, 6.07) is 21.8. The van der Waals surface area contributed by atoms with Gasteiger partial charge in [0.15, 0.2) is 0 Å². The van der Waals surface area contributed by atoms with Gasteiger partial charge in [-0.2, -0.15) is 0 Å². The fourth-order valence-corrected chi connectivity index (χ4v) is 3.41. The second-order valence-corrected chi connectivity index (χ2v) is 7.68. The van der Waals surface area contributed by atoms with Crippen LogP contribution in [0, 0.1) is 6.92 Å². The Morgan fingerprint density at radius 2 is 1.64 bits per heavy atom. The second-order valence-electron chi connectivity index (χ2n) is 6.20. The lowest BCUT2D eigenvalue weighted by Crippen LogP contribution is -2.14. The van der Waals surface area contributed by atoms with Crippen molar-refractivity contribution in [3.8, 4) is 0 Å². The van der Waals surface area contributed by atoms with Crippen molar-refractivity contribution in [2.45, 2.75) is 11.8 Å². The van der Waals surface area contributed by atoms with Crippen LogP contribution in [0.2, 0.25) is 5.02 Å². The molecular weight excluding hydrogens is 392 g/mol. The van der Waals surface area contributed by atoms with E-state index >= 15 is 0 Å². The molecule has 0 spiro atoms. The summed E-state index contributed by atoms with van der Waals surface area (Å²) in [7, 11) is 0. The molecule has 2 amide bonds. The Morgan fingerprint density at radius 1 is 0.893 bits per heavy atom. The molecule has 0 bridgehead atoms. The Morgan fingerprint density at radius 3 is 2.39 bits per heavy atom. The smallest absolute Gasteiger partial charge is 0.255 e. The molecule has 28 heavy (non-hydrogen) atoms. The Balaban J connectivity index is 1.56. The van der Waals surface area contributed by atoms with E-state index in [0.717, 1.165) is 10.5 Å². The normalized spacial score (nSPS) is 10.4.